The Labute approximate surface area is 327 Å². The number of hydrogen-bond donors (Lipinski definition) is 4. The summed E-state index contributed by atoms with van der Waals surface area (Å²) in [6, 6.07) is 12.5. The zero-order chi connectivity index (χ0) is 42.3. The van der Waals surface area contributed by atoms with Gasteiger partial charge < -0.3 is 35.1 Å². The molecule has 3 aromatic carbocycles. The minimum absolute atomic E-state index is 0.103. The maximum atomic E-state index is 14.2. The Morgan fingerprint density at radius 1 is 0.684 bits per heavy atom. The highest BCUT2D eigenvalue weighted by Crippen LogP contribution is 2.31. The molecule has 3 amide bonds. The number of carbonyl (C=O) groups is 6. The smallest absolute Gasteiger partial charge is 0.416 e. The van der Waals surface area contributed by atoms with Gasteiger partial charge in [-0.15, -0.1) is 0 Å². The highest BCUT2D eigenvalue weighted by atomic mass is 19.4. The molecule has 4 rings (SSSR count). The Morgan fingerprint density at radius 2 is 1.30 bits per heavy atom. The van der Waals surface area contributed by atoms with Crippen molar-refractivity contribution in [1.29, 1.82) is 0 Å². The molecule has 1 aromatic heterocycles. The van der Waals surface area contributed by atoms with Gasteiger partial charge in [0.05, 0.1) is 19.1 Å². The molecule has 0 aliphatic rings. The average Bonchev–Trinajstić information content (AvgIpc) is 3.54. The van der Waals surface area contributed by atoms with E-state index >= 15 is 0 Å². The topological polar surface area (TPSA) is 182 Å². The number of H-pyrrole nitrogens is 1. The van der Waals surface area contributed by atoms with Crippen LogP contribution in [-0.2, 0) is 50.8 Å². The molecule has 306 valence electrons. The van der Waals surface area contributed by atoms with Crippen molar-refractivity contribution in [3.8, 4) is 0 Å². The summed E-state index contributed by atoms with van der Waals surface area (Å²) < 4.78 is 55.7. The van der Waals surface area contributed by atoms with Gasteiger partial charge >= 0.3 is 24.1 Å². The fraction of sp³-hybridized carbons (Fsp3) is 0.415. The van der Waals surface area contributed by atoms with Crippen molar-refractivity contribution in [1.82, 2.24) is 20.9 Å². The first kappa shape index (κ1) is 43.8. The Morgan fingerprint density at radius 3 is 1.93 bits per heavy atom. The Balaban J connectivity index is 1.65. The third-order valence-electron chi connectivity index (χ3n) is 8.35. The molecule has 4 aromatic rings. The number of amides is 3. The number of aromatic amines is 1. The van der Waals surface area contributed by atoms with Crippen molar-refractivity contribution in [3.63, 3.8) is 0 Å². The van der Waals surface area contributed by atoms with Crippen molar-refractivity contribution in [2.24, 2.45) is 0 Å². The SMILES string of the molecule is COC(=O)[C@H](CCC(=O)OC(C)(C)C)NC(=O)[C@H](CC(=O)OC(C)(C)C)NC(=O)[C@H](Cc1ccc2ccccc2c1)NC(=O)c1cc2cc(C(F)(F)F)ccc2[nH]1. The predicted octanol–water partition coefficient (Wildman–Crippen LogP) is 5.68. The lowest BCUT2D eigenvalue weighted by atomic mass is 10.0. The van der Waals surface area contributed by atoms with E-state index in [2.05, 4.69) is 20.9 Å². The standard InChI is InChI=1S/C41H47F3N4O9/c1-39(2,3)56-33(49)17-16-29(38(54)55-7)46-37(53)32(22-34(50)57-40(4,5)6)48-35(51)30(19-23-12-13-24-10-8-9-11-25(24)18-23)47-36(52)31-21-26-20-27(41(42,43)44)14-15-28(26)45-31/h8-15,18,20-21,29-30,32,45H,16-17,19,22H2,1-7H3,(H,46,53)(H,47,52)(H,48,51)/t29-,30-,32-/m0/s1. The minimum atomic E-state index is -4.62. The molecular weight excluding hydrogens is 749 g/mol. The molecule has 3 atom stereocenters. The van der Waals surface area contributed by atoms with E-state index in [1.54, 1.807) is 53.7 Å². The maximum absolute atomic E-state index is 14.2. The van der Waals surface area contributed by atoms with E-state index in [-0.39, 0.29) is 35.9 Å². The summed E-state index contributed by atoms with van der Waals surface area (Å²) in [5, 5.41) is 9.41. The molecule has 0 saturated heterocycles. The number of ether oxygens (including phenoxy) is 3. The summed E-state index contributed by atoms with van der Waals surface area (Å²) in [5.41, 5.74) is -2.01. The second kappa shape index (κ2) is 17.9. The number of rotatable bonds is 14. The van der Waals surface area contributed by atoms with Crippen LogP contribution in [0.1, 0.15) is 82.4 Å². The van der Waals surface area contributed by atoms with Gasteiger partial charge in [0.15, 0.2) is 0 Å². The molecule has 0 radical (unpaired) electrons. The van der Waals surface area contributed by atoms with Gasteiger partial charge in [-0.25, -0.2) is 4.79 Å². The van der Waals surface area contributed by atoms with Gasteiger partial charge in [-0.2, -0.15) is 13.2 Å². The number of hydrogen-bond acceptors (Lipinski definition) is 9. The molecule has 13 nitrogen and oxygen atoms in total. The molecule has 0 spiro atoms. The van der Waals surface area contributed by atoms with Crippen molar-refractivity contribution in [3.05, 3.63) is 83.6 Å². The van der Waals surface area contributed by atoms with Crippen LogP contribution in [0.3, 0.4) is 0 Å². The number of esters is 3. The number of benzene rings is 3. The zero-order valence-electron chi connectivity index (χ0n) is 32.7. The molecule has 4 N–H and O–H groups in total. The molecule has 0 saturated carbocycles. The number of alkyl halides is 3. The van der Waals surface area contributed by atoms with E-state index in [1.807, 2.05) is 30.3 Å². The van der Waals surface area contributed by atoms with Crippen LogP contribution in [0.2, 0.25) is 0 Å². The Bertz CT molecular complexity index is 2130. The summed E-state index contributed by atoms with van der Waals surface area (Å²) in [6.07, 6.45) is -5.97. The highest BCUT2D eigenvalue weighted by molar-refractivity contribution is 6.01. The Hall–Kier alpha value is -5.93. The normalized spacial score (nSPS) is 13.6. The lowest BCUT2D eigenvalue weighted by molar-refractivity contribution is -0.157. The number of aromatic nitrogens is 1. The van der Waals surface area contributed by atoms with E-state index in [0.717, 1.165) is 30.0 Å². The van der Waals surface area contributed by atoms with Gasteiger partial charge in [0.2, 0.25) is 11.8 Å². The van der Waals surface area contributed by atoms with Gasteiger partial charge in [0.1, 0.15) is 35.0 Å². The lowest BCUT2D eigenvalue weighted by Gasteiger charge is -2.26. The largest absolute Gasteiger partial charge is 0.467 e. The van der Waals surface area contributed by atoms with Crippen LogP contribution in [0.4, 0.5) is 13.2 Å². The molecular formula is C41H47F3N4O9. The van der Waals surface area contributed by atoms with Gasteiger partial charge in [-0.3, -0.25) is 24.0 Å². The zero-order valence-corrected chi connectivity index (χ0v) is 32.7. The first-order valence-electron chi connectivity index (χ1n) is 18.1. The summed E-state index contributed by atoms with van der Waals surface area (Å²) >= 11 is 0. The third-order valence-corrected chi connectivity index (χ3v) is 8.35. The summed E-state index contributed by atoms with van der Waals surface area (Å²) in [4.78, 5) is 82.6. The molecule has 16 heteroatoms. The fourth-order valence-electron chi connectivity index (χ4n) is 5.83. The molecule has 0 aliphatic carbocycles. The molecule has 1 heterocycles. The van der Waals surface area contributed by atoms with Gasteiger partial charge in [0, 0.05) is 23.7 Å². The number of nitrogens with one attached hydrogen (secondary N) is 4. The van der Waals surface area contributed by atoms with E-state index in [1.165, 1.54) is 12.1 Å². The highest BCUT2D eigenvalue weighted by Gasteiger charge is 2.34. The summed E-state index contributed by atoms with van der Waals surface area (Å²) in [6.45, 7) is 9.80. The second-order valence-corrected chi connectivity index (χ2v) is 15.5. The van der Waals surface area contributed by atoms with Gasteiger partial charge in [0.25, 0.3) is 5.91 Å². The molecule has 0 unspecified atom stereocenters. The molecule has 0 aliphatic heterocycles. The monoisotopic (exact) mass is 796 g/mol. The van der Waals surface area contributed by atoms with Gasteiger partial charge in [-0.1, -0.05) is 42.5 Å². The average molecular weight is 797 g/mol. The van der Waals surface area contributed by atoms with Gasteiger partial charge in [-0.05, 0) is 88.6 Å². The Kier molecular flexibility index (Phi) is 13.8. The second-order valence-electron chi connectivity index (χ2n) is 15.5. The van der Waals surface area contributed by atoms with E-state index < -0.39 is 83.1 Å². The van der Waals surface area contributed by atoms with Crippen LogP contribution in [0.25, 0.3) is 21.7 Å². The van der Waals surface area contributed by atoms with E-state index in [4.69, 9.17) is 14.2 Å². The summed E-state index contributed by atoms with van der Waals surface area (Å²) in [5.74, 6) is -5.19. The van der Waals surface area contributed by atoms with Crippen LogP contribution in [0.15, 0.2) is 66.7 Å². The van der Waals surface area contributed by atoms with Crippen LogP contribution in [-0.4, -0.2) is 77.1 Å². The first-order chi connectivity index (χ1) is 26.5. The van der Waals surface area contributed by atoms with Crippen LogP contribution < -0.4 is 16.0 Å². The van der Waals surface area contributed by atoms with E-state index in [0.29, 0.717) is 5.56 Å². The van der Waals surface area contributed by atoms with Crippen molar-refractivity contribution in [2.45, 2.75) is 103 Å². The lowest BCUT2D eigenvalue weighted by Crippen LogP contribution is -2.57. The quantitative estimate of drug-likeness (QED) is 0.0923. The maximum Gasteiger partial charge on any atom is 0.416 e. The number of carbonyl (C=O) groups excluding carboxylic acids is 6. The first-order valence-corrected chi connectivity index (χ1v) is 18.1. The third kappa shape index (κ3) is 13.1. The number of halogens is 3. The van der Waals surface area contributed by atoms with Crippen LogP contribution in [0, 0.1) is 0 Å². The predicted molar refractivity (Wildman–Crippen MR) is 204 cm³/mol. The van der Waals surface area contributed by atoms with Crippen molar-refractivity contribution in [2.75, 3.05) is 7.11 Å². The van der Waals surface area contributed by atoms with Crippen LogP contribution in [0.5, 0.6) is 0 Å². The van der Waals surface area contributed by atoms with Crippen molar-refractivity contribution >= 4 is 57.3 Å². The molecule has 57 heavy (non-hydrogen) atoms. The summed E-state index contributed by atoms with van der Waals surface area (Å²) in [7, 11) is 1.08. The van der Waals surface area contributed by atoms with Crippen LogP contribution >= 0.6 is 0 Å². The molecule has 0 bridgehead atoms. The minimum Gasteiger partial charge on any atom is -0.467 e. The van der Waals surface area contributed by atoms with Crippen molar-refractivity contribution < 1.29 is 56.1 Å². The fourth-order valence-corrected chi connectivity index (χ4v) is 5.83. The number of fused-ring (bicyclic) bond motifs is 2. The number of methoxy groups -OCH3 is 1. The molecule has 0 fully saturated rings. The van der Waals surface area contributed by atoms with E-state index in [9.17, 15) is 41.9 Å².